The van der Waals surface area contributed by atoms with Gasteiger partial charge in [0.15, 0.2) is 0 Å². The zero-order valence-electron chi connectivity index (χ0n) is 16.2. The normalized spacial score (nSPS) is 17.4. The molecule has 0 saturated carbocycles. The average molecular weight is 385 g/mol. The molecule has 0 aromatic carbocycles. The first-order valence-corrected chi connectivity index (χ1v) is 9.97. The summed E-state index contributed by atoms with van der Waals surface area (Å²) in [4.78, 5) is 27.8. The van der Waals surface area contributed by atoms with Crippen molar-refractivity contribution in [1.82, 2.24) is 20.0 Å². The van der Waals surface area contributed by atoms with E-state index in [4.69, 9.17) is 9.15 Å². The highest BCUT2D eigenvalue weighted by atomic mass is 32.2. The van der Waals surface area contributed by atoms with Crippen LogP contribution in [0, 0.1) is 0 Å². The van der Waals surface area contributed by atoms with Crippen LogP contribution in [0.3, 0.4) is 0 Å². The molecule has 1 unspecified atom stereocenters. The Bertz CT molecular complexity index is 625. The van der Waals surface area contributed by atoms with Gasteiger partial charge in [0.25, 0.3) is 5.22 Å². The number of aromatic nitrogens is 2. The number of hydrogen-bond donors (Lipinski definition) is 0. The lowest BCUT2D eigenvalue weighted by atomic mass is 10.2. The Morgan fingerprint density at radius 2 is 2.00 bits per heavy atom. The maximum Gasteiger partial charge on any atom is 0.410 e. The van der Waals surface area contributed by atoms with E-state index in [-0.39, 0.29) is 23.8 Å². The summed E-state index contributed by atoms with van der Waals surface area (Å²) in [6.07, 6.45) is 1.24. The highest BCUT2D eigenvalue weighted by Crippen LogP contribution is 2.33. The number of rotatable bonds is 6. The van der Waals surface area contributed by atoms with Gasteiger partial charge in [0.1, 0.15) is 11.6 Å². The molecule has 9 heteroatoms. The van der Waals surface area contributed by atoms with E-state index in [2.05, 4.69) is 10.2 Å². The molecular weight excluding hydrogens is 356 g/mol. The molecular formula is C17H28N4O4S. The van der Waals surface area contributed by atoms with Crippen LogP contribution in [-0.2, 0) is 9.53 Å². The van der Waals surface area contributed by atoms with E-state index in [1.807, 2.05) is 34.6 Å². The lowest BCUT2D eigenvalue weighted by Gasteiger charge is -2.27. The van der Waals surface area contributed by atoms with E-state index in [0.29, 0.717) is 30.7 Å². The second-order valence-electron chi connectivity index (χ2n) is 7.09. The molecule has 0 N–H and O–H groups in total. The Balaban J connectivity index is 1.97. The molecule has 1 saturated heterocycles. The molecule has 1 fully saturated rings. The summed E-state index contributed by atoms with van der Waals surface area (Å²) < 4.78 is 11.1. The predicted molar refractivity (Wildman–Crippen MR) is 97.9 cm³/mol. The van der Waals surface area contributed by atoms with Crippen LogP contribution in [0.25, 0.3) is 0 Å². The number of hydrogen-bond acceptors (Lipinski definition) is 7. The lowest BCUT2D eigenvalue weighted by molar-refractivity contribution is -0.127. The second kappa shape index (κ2) is 8.75. The van der Waals surface area contributed by atoms with E-state index in [1.165, 1.54) is 11.8 Å². The molecule has 0 radical (unpaired) electrons. The first kappa shape index (κ1) is 20.5. The van der Waals surface area contributed by atoms with Gasteiger partial charge in [-0.15, -0.1) is 10.2 Å². The summed E-state index contributed by atoms with van der Waals surface area (Å²) in [5.74, 6) is 0.686. The summed E-state index contributed by atoms with van der Waals surface area (Å²) >= 11 is 1.22. The first-order chi connectivity index (χ1) is 12.2. The number of amides is 2. The average Bonchev–Trinajstić information content (AvgIpc) is 3.21. The maximum atomic E-state index is 12.4. The van der Waals surface area contributed by atoms with Crippen molar-refractivity contribution in [3.8, 4) is 0 Å². The molecule has 0 bridgehead atoms. The molecule has 1 aliphatic heterocycles. The Kier molecular flexibility index (Phi) is 6.91. The van der Waals surface area contributed by atoms with Crippen LogP contribution in [0.1, 0.15) is 59.4 Å². The lowest BCUT2D eigenvalue weighted by Crippen LogP contribution is -2.36. The Morgan fingerprint density at radius 3 is 2.62 bits per heavy atom. The van der Waals surface area contributed by atoms with Crippen molar-refractivity contribution in [3.63, 3.8) is 0 Å². The van der Waals surface area contributed by atoms with Gasteiger partial charge >= 0.3 is 6.09 Å². The number of thioether (sulfide) groups is 1. The van der Waals surface area contributed by atoms with Crippen LogP contribution in [0.2, 0.25) is 0 Å². The van der Waals surface area contributed by atoms with Gasteiger partial charge in [-0.25, -0.2) is 4.79 Å². The molecule has 0 spiro atoms. The zero-order valence-corrected chi connectivity index (χ0v) is 17.0. The van der Waals surface area contributed by atoms with Crippen molar-refractivity contribution in [2.24, 2.45) is 0 Å². The monoisotopic (exact) mass is 384 g/mol. The van der Waals surface area contributed by atoms with E-state index >= 15 is 0 Å². The maximum absolute atomic E-state index is 12.4. The fourth-order valence-electron chi connectivity index (χ4n) is 2.77. The minimum absolute atomic E-state index is 0.0380. The molecule has 26 heavy (non-hydrogen) atoms. The SMILES string of the molecule is CCN(CC)C(=O)CSc1nnc(C2CCCN2C(=O)OC(C)(C)C)o1. The van der Waals surface area contributed by atoms with Crippen molar-refractivity contribution in [2.45, 2.75) is 64.3 Å². The number of carbonyl (C=O) groups is 2. The largest absolute Gasteiger partial charge is 0.444 e. The predicted octanol–water partition coefficient (Wildman–Crippen LogP) is 3.10. The Morgan fingerprint density at radius 1 is 1.31 bits per heavy atom. The van der Waals surface area contributed by atoms with E-state index in [0.717, 1.165) is 12.8 Å². The molecule has 1 aliphatic rings. The molecule has 1 atom stereocenters. The van der Waals surface area contributed by atoms with Crippen LogP contribution in [-0.4, -0.2) is 63.0 Å². The molecule has 1 aromatic rings. The number of carbonyl (C=O) groups excluding carboxylic acids is 2. The quantitative estimate of drug-likeness (QED) is 0.696. The summed E-state index contributed by atoms with van der Waals surface area (Å²) in [6, 6.07) is -0.273. The third kappa shape index (κ3) is 5.36. The Labute approximate surface area is 158 Å². The molecule has 1 aromatic heterocycles. The number of nitrogens with zero attached hydrogens (tertiary/aromatic N) is 4. The van der Waals surface area contributed by atoms with Gasteiger partial charge in [-0.05, 0) is 47.5 Å². The topological polar surface area (TPSA) is 88.8 Å². The van der Waals surface area contributed by atoms with E-state index in [1.54, 1.807) is 9.80 Å². The smallest absolute Gasteiger partial charge is 0.410 e. The third-order valence-corrected chi connectivity index (χ3v) is 4.83. The van der Waals surface area contributed by atoms with Crippen LogP contribution >= 0.6 is 11.8 Å². The zero-order chi connectivity index (χ0) is 19.3. The highest BCUT2D eigenvalue weighted by molar-refractivity contribution is 7.99. The van der Waals surface area contributed by atoms with Gasteiger partial charge in [-0.2, -0.15) is 0 Å². The molecule has 0 aliphatic carbocycles. The van der Waals surface area contributed by atoms with Gasteiger partial charge < -0.3 is 14.1 Å². The Hall–Kier alpha value is -1.77. The van der Waals surface area contributed by atoms with Crippen molar-refractivity contribution in [1.29, 1.82) is 0 Å². The van der Waals surface area contributed by atoms with E-state index < -0.39 is 5.60 Å². The molecule has 8 nitrogen and oxygen atoms in total. The minimum atomic E-state index is -0.551. The fraction of sp³-hybridized carbons (Fsp3) is 0.765. The fourth-order valence-corrected chi connectivity index (χ4v) is 3.44. The van der Waals surface area contributed by atoms with Crippen LogP contribution in [0.4, 0.5) is 4.79 Å². The minimum Gasteiger partial charge on any atom is -0.444 e. The van der Waals surface area contributed by atoms with Crippen molar-refractivity contribution < 1.29 is 18.7 Å². The summed E-state index contributed by atoms with van der Waals surface area (Å²) in [7, 11) is 0. The van der Waals surface area contributed by atoms with Gasteiger partial charge in [0.2, 0.25) is 11.8 Å². The summed E-state index contributed by atoms with van der Waals surface area (Å²) in [5.41, 5.74) is -0.551. The first-order valence-electron chi connectivity index (χ1n) is 8.98. The molecule has 2 heterocycles. The highest BCUT2D eigenvalue weighted by Gasteiger charge is 2.36. The van der Waals surface area contributed by atoms with Gasteiger partial charge in [0, 0.05) is 19.6 Å². The van der Waals surface area contributed by atoms with Crippen LogP contribution in [0.15, 0.2) is 9.64 Å². The van der Waals surface area contributed by atoms with Crippen LogP contribution < -0.4 is 0 Å². The van der Waals surface area contributed by atoms with Crippen LogP contribution in [0.5, 0.6) is 0 Å². The molecule has 2 amide bonds. The standard InChI is InChI=1S/C17H28N4O4S/c1-6-20(7-2)13(22)11-26-15-19-18-14(24-15)12-9-8-10-21(12)16(23)25-17(3,4)5/h12H,6-11H2,1-5H3. The van der Waals surface area contributed by atoms with Crippen molar-refractivity contribution >= 4 is 23.8 Å². The third-order valence-electron chi connectivity index (χ3n) is 4.02. The molecule has 146 valence electrons. The van der Waals surface area contributed by atoms with E-state index in [9.17, 15) is 9.59 Å². The second-order valence-corrected chi connectivity index (χ2v) is 8.02. The van der Waals surface area contributed by atoms with Crippen molar-refractivity contribution in [2.75, 3.05) is 25.4 Å². The van der Waals surface area contributed by atoms with Gasteiger partial charge in [-0.1, -0.05) is 11.8 Å². The van der Waals surface area contributed by atoms with Crippen molar-refractivity contribution in [3.05, 3.63) is 5.89 Å². The number of ether oxygens (including phenoxy) is 1. The van der Waals surface area contributed by atoms with Gasteiger partial charge in [-0.3, -0.25) is 9.69 Å². The summed E-state index contributed by atoms with van der Waals surface area (Å²) in [5, 5.41) is 8.43. The molecule has 2 rings (SSSR count). The van der Waals surface area contributed by atoms with Gasteiger partial charge in [0.05, 0.1) is 5.75 Å². The number of likely N-dealkylation sites (tertiary alicyclic amines) is 1. The summed E-state index contributed by atoms with van der Waals surface area (Å²) in [6.45, 7) is 11.4.